The number of H-pyrrole nitrogens is 1. The monoisotopic (exact) mass is 249 g/mol. The number of benzene rings is 1. The SMILES string of the molecule is CNc1ccc2[nH]c(-c3ccc(C#N)cc3)nc2n1. The number of nitrogens with one attached hydrogen (secondary N) is 2. The van der Waals surface area contributed by atoms with E-state index in [2.05, 4.69) is 26.3 Å². The number of hydrogen-bond donors (Lipinski definition) is 2. The summed E-state index contributed by atoms with van der Waals surface area (Å²) >= 11 is 0. The quantitative estimate of drug-likeness (QED) is 0.731. The highest BCUT2D eigenvalue weighted by Crippen LogP contribution is 2.20. The second-order valence-corrected chi connectivity index (χ2v) is 4.09. The zero-order valence-electron chi connectivity index (χ0n) is 10.3. The van der Waals surface area contributed by atoms with Crippen molar-refractivity contribution in [3.63, 3.8) is 0 Å². The van der Waals surface area contributed by atoms with Crippen LogP contribution in [0.15, 0.2) is 36.4 Å². The minimum atomic E-state index is 0.635. The van der Waals surface area contributed by atoms with Crippen LogP contribution in [0.25, 0.3) is 22.6 Å². The molecule has 1 aromatic carbocycles. The van der Waals surface area contributed by atoms with E-state index in [0.29, 0.717) is 11.2 Å². The lowest BCUT2D eigenvalue weighted by Gasteiger charge is -1.95. The molecular formula is C14H11N5. The van der Waals surface area contributed by atoms with E-state index in [1.54, 1.807) is 12.1 Å². The molecule has 3 aromatic rings. The van der Waals surface area contributed by atoms with Gasteiger partial charge in [0.25, 0.3) is 0 Å². The van der Waals surface area contributed by atoms with Crippen LogP contribution in [0.5, 0.6) is 0 Å². The summed E-state index contributed by atoms with van der Waals surface area (Å²) in [5.74, 6) is 1.53. The average molecular weight is 249 g/mol. The maximum Gasteiger partial charge on any atom is 0.180 e. The lowest BCUT2D eigenvalue weighted by Crippen LogP contribution is -1.91. The molecule has 5 nitrogen and oxygen atoms in total. The molecule has 2 heterocycles. The summed E-state index contributed by atoms with van der Waals surface area (Å²) in [4.78, 5) is 12.0. The highest BCUT2D eigenvalue weighted by atomic mass is 15.0. The van der Waals surface area contributed by atoms with E-state index in [9.17, 15) is 0 Å². The molecule has 0 radical (unpaired) electrons. The topological polar surface area (TPSA) is 77.4 Å². The molecule has 0 saturated heterocycles. The van der Waals surface area contributed by atoms with Crippen LogP contribution in [0.1, 0.15) is 5.56 Å². The number of hydrogen-bond acceptors (Lipinski definition) is 4. The Bertz CT molecular complexity index is 765. The molecule has 0 aliphatic carbocycles. The van der Waals surface area contributed by atoms with Gasteiger partial charge in [-0.2, -0.15) is 5.26 Å². The van der Waals surface area contributed by atoms with Crippen molar-refractivity contribution >= 4 is 17.0 Å². The van der Waals surface area contributed by atoms with Gasteiger partial charge in [0.1, 0.15) is 11.6 Å². The number of nitriles is 1. The van der Waals surface area contributed by atoms with Crippen molar-refractivity contribution < 1.29 is 0 Å². The largest absolute Gasteiger partial charge is 0.373 e. The van der Waals surface area contributed by atoms with Crippen molar-refractivity contribution in [1.82, 2.24) is 15.0 Å². The summed E-state index contributed by atoms with van der Waals surface area (Å²) in [6.07, 6.45) is 0. The molecule has 0 aliphatic rings. The van der Waals surface area contributed by atoms with E-state index >= 15 is 0 Å². The van der Waals surface area contributed by atoms with Gasteiger partial charge in [-0.15, -0.1) is 0 Å². The number of aromatic nitrogens is 3. The maximum absolute atomic E-state index is 8.78. The lowest BCUT2D eigenvalue weighted by atomic mass is 10.1. The van der Waals surface area contributed by atoms with Crippen LogP contribution in [-0.2, 0) is 0 Å². The predicted molar refractivity (Wildman–Crippen MR) is 73.6 cm³/mol. The van der Waals surface area contributed by atoms with Gasteiger partial charge in [-0.25, -0.2) is 9.97 Å². The Morgan fingerprint density at radius 2 is 1.89 bits per heavy atom. The zero-order valence-corrected chi connectivity index (χ0v) is 10.3. The van der Waals surface area contributed by atoms with Gasteiger partial charge in [-0.3, -0.25) is 0 Å². The van der Waals surface area contributed by atoms with E-state index in [0.717, 1.165) is 22.7 Å². The first kappa shape index (κ1) is 11.2. The first-order chi connectivity index (χ1) is 9.30. The number of imidazole rings is 1. The van der Waals surface area contributed by atoms with E-state index in [1.165, 1.54) is 0 Å². The normalized spacial score (nSPS) is 10.3. The summed E-state index contributed by atoms with van der Waals surface area (Å²) in [5.41, 5.74) is 3.13. The molecule has 5 heteroatoms. The number of fused-ring (bicyclic) bond motifs is 1. The molecule has 0 bridgehead atoms. The smallest absolute Gasteiger partial charge is 0.180 e. The number of rotatable bonds is 2. The van der Waals surface area contributed by atoms with Crippen LogP contribution < -0.4 is 5.32 Å². The van der Waals surface area contributed by atoms with Gasteiger partial charge in [0.05, 0.1) is 17.1 Å². The van der Waals surface area contributed by atoms with Gasteiger partial charge in [0, 0.05) is 12.6 Å². The van der Waals surface area contributed by atoms with Crippen molar-refractivity contribution in [3.05, 3.63) is 42.0 Å². The summed E-state index contributed by atoms with van der Waals surface area (Å²) in [6.45, 7) is 0. The fraction of sp³-hybridized carbons (Fsp3) is 0.0714. The molecule has 0 spiro atoms. The van der Waals surface area contributed by atoms with Crippen LogP contribution in [-0.4, -0.2) is 22.0 Å². The third-order valence-electron chi connectivity index (χ3n) is 2.89. The van der Waals surface area contributed by atoms with Crippen molar-refractivity contribution in [2.45, 2.75) is 0 Å². The Morgan fingerprint density at radius 3 is 2.58 bits per heavy atom. The van der Waals surface area contributed by atoms with Gasteiger partial charge in [0.2, 0.25) is 0 Å². The highest BCUT2D eigenvalue weighted by molar-refractivity contribution is 5.77. The van der Waals surface area contributed by atoms with Gasteiger partial charge in [-0.1, -0.05) is 0 Å². The van der Waals surface area contributed by atoms with Crippen LogP contribution in [0.3, 0.4) is 0 Å². The van der Waals surface area contributed by atoms with Crippen LogP contribution in [0.2, 0.25) is 0 Å². The van der Waals surface area contributed by atoms with Crippen molar-refractivity contribution in [2.24, 2.45) is 0 Å². The lowest BCUT2D eigenvalue weighted by molar-refractivity contribution is 1.28. The van der Waals surface area contributed by atoms with Crippen LogP contribution in [0, 0.1) is 11.3 Å². The molecule has 3 rings (SSSR count). The van der Waals surface area contributed by atoms with E-state index in [-0.39, 0.29) is 0 Å². The maximum atomic E-state index is 8.78. The van der Waals surface area contributed by atoms with E-state index < -0.39 is 0 Å². The van der Waals surface area contributed by atoms with Crippen molar-refractivity contribution in [3.8, 4) is 17.5 Å². The van der Waals surface area contributed by atoms with Gasteiger partial charge in [0.15, 0.2) is 5.65 Å². The molecule has 19 heavy (non-hydrogen) atoms. The van der Waals surface area contributed by atoms with E-state index in [4.69, 9.17) is 5.26 Å². The number of nitrogens with zero attached hydrogens (tertiary/aromatic N) is 3. The Labute approximate surface area is 109 Å². The standard InChI is InChI=1S/C14H11N5/c1-16-12-7-6-11-14(18-12)19-13(17-11)10-4-2-9(8-15)3-5-10/h2-7H,1H3,(H2,16,17,18,19). The average Bonchev–Trinajstić information content (AvgIpc) is 2.90. The molecule has 2 N–H and O–H groups in total. The fourth-order valence-corrected chi connectivity index (χ4v) is 1.87. The summed E-state index contributed by atoms with van der Waals surface area (Å²) in [5, 5.41) is 11.8. The Hall–Kier alpha value is -2.87. The molecule has 0 saturated carbocycles. The first-order valence-corrected chi connectivity index (χ1v) is 5.85. The highest BCUT2D eigenvalue weighted by Gasteiger charge is 2.06. The molecule has 92 valence electrons. The second kappa shape index (κ2) is 4.42. The third kappa shape index (κ3) is 2.00. The molecule has 0 atom stereocenters. The molecule has 0 fully saturated rings. The molecule has 0 aliphatic heterocycles. The fourth-order valence-electron chi connectivity index (χ4n) is 1.87. The van der Waals surface area contributed by atoms with Crippen LogP contribution >= 0.6 is 0 Å². The minimum absolute atomic E-state index is 0.635. The number of pyridine rings is 1. The zero-order chi connectivity index (χ0) is 13.2. The summed E-state index contributed by atoms with van der Waals surface area (Å²) in [7, 11) is 1.82. The molecule has 0 unspecified atom stereocenters. The van der Waals surface area contributed by atoms with Gasteiger partial charge in [-0.05, 0) is 36.4 Å². The molecule has 2 aromatic heterocycles. The third-order valence-corrected chi connectivity index (χ3v) is 2.89. The Balaban J connectivity index is 2.07. The number of anilines is 1. The van der Waals surface area contributed by atoms with Gasteiger partial charge >= 0.3 is 0 Å². The second-order valence-electron chi connectivity index (χ2n) is 4.09. The van der Waals surface area contributed by atoms with Crippen molar-refractivity contribution in [1.29, 1.82) is 5.26 Å². The van der Waals surface area contributed by atoms with E-state index in [1.807, 2.05) is 31.3 Å². The minimum Gasteiger partial charge on any atom is -0.373 e. The number of aromatic amines is 1. The summed E-state index contributed by atoms with van der Waals surface area (Å²) in [6, 6.07) is 13.2. The van der Waals surface area contributed by atoms with Crippen molar-refractivity contribution in [2.75, 3.05) is 12.4 Å². The van der Waals surface area contributed by atoms with Gasteiger partial charge < -0.3 is 10.3 Å². The first-order valence-electron chi connectivity index (χ1n) is 5.85. The molecule has 0 amide bonds. The summed E-state index contributed by atoms with van der Waals surface area (Å²) < 4.78 is 0. The Morgan fingerprint density at radius 1 is 1.11 bits per heavy atom. The Kier molecular flexibility index (Phi) is 2.62. The molecular weight excluding hydrogens is 238 g/mol. The van der Waals surface area contributed by atoms with Crippen LogP contribution in [0.4, 0.5) is 5.82 Å². The predicted octanol–water partition coefficient (Wildman–Crippen LogP) is 2.54.